The first kappa shape index (κ1) is 19.3. The van der Waals surface area contributed by atoms with Gasteiger partial charge in [0.2, 0.25) is 0 Å². The van der Waals surface area contributed by atoms with Crippen molar-refractivity contribution in [2.24, 2.45) is 0 Å². The molecule has 0 spiro atoms. The van der Waals surface area contributed by atoms with Gasteiger partial charge < -0.3 is 14.2 Å². The first-order valence-electron chi connectivity index (χ1n) is 7.63. The van der Waals surface area contributed by atoms with Crippen LogP contribution < -0.4 is 0 Å². The van der Waals surface area contributed by atoms with Crippen molar-refractivity contribution in [1.82, 2.24) is 0 Å². The lowest BCUT2D eigenvalue weighted by Crippen LogP contribution is -2.08. The molecule has 1 unspecified atom stereocenters. The molecule has 0 radical (unpaired) electrons. The Morgan fingerprint density at radius 2 is 1.88 bits per heavy atom. The molecule has 0 bridgehead atoms. The van der Waals surface area contributed by atoms with Gasteiger partial charge >= 0.3 is 12.1 Å². The van der Waals surface area contributed by atoms with Crippen LogP contribution in [0, 0.1) is 11.8 Å². The lowest BCUT2D eigenvalue weighted by molar-refractivity contribution is -0.134. The number of rotatable bonds is 6. The highest BCUT2D eigenvalue weighted by Crippen LogP contribution is 2.22. The van der Waals surface area contributed by atoms with Gasteiger partial charge in [-0.15, -0.1) is 0 Å². The molecule has 5 nitrogen and oxygen atoms in total. The Kier molecular flexibility index (Phi) is 8.77. The number of hydrogen-bond acceptors (Lipinski definition) is 5. The van der Waals surface area contributed by atoms with E-state index in [4.69, 9.17) is 4.74 Å². The van der Waals surface area contributed by atoms with E-state index in [1.165, 1.54) is 25.9 Å². The summed E-state index contributed by atoms with van der Waals surface area (Å²) in [5.74, 6) is 5.68. The molecule has 0 saturated heterocycles. The van der Waals surface area contributed by atoms with Crippen molar-refractivity contribution in [3.05, 3.63) is 47.5 Å². The zero-order valence-electron chi connectivity index (χ0n) is 14.2. The van der Waals surface area contributed by atoms with Gasteiger partial charge in [-0.25, -0.2) is 9.59 Å². The van der Waals surface area contributed by atoms with Crippen LogP contribution in [0.25, 0.3) is 0 Å². The molecule has 1 aromatic carbocycles. The summed E-state index contributed by atoms with van der Waals surface area (Å²) in [6.45, 7) is 1.96. The molecule has 1 aromatic rings. The van der Waals surface area contributed by atoms with E-state index in [0.29, 0.717) is 17.9 Å². The summed E-state index contributed by atoms with van der Waals surface area (Å²) in [6.07, 6.45) is 1.97. The maximum absolute atomic E-state index is 11.4. The summed E-state index contributed by atoms with van der Waals surface area (Å²) in [5.41, 5.74) is 1.58. The van der Waals surface area contributed by atoms with Gasteiger partial charge in [0, 0.05) is 18.1 Å². The zero-order chi connectivity index (χ0) is 17.8. The first-order valence-corrected chi connectivity index (χ1v) is 7.63. The fourth-order valence-electron chi connectivity index (χ4n) is 2.02. The smallest absolute Gasteiger partial charge is 0.466 e. The molecule has 0 aromatic heterocycles. The van der Waals surface area contributed by atoms with Gasteiger partial charge in [0.05, 0.1) is 14.2 Å². The van der Waals surface area contributed by atoms with Crippen LogP contribution in [0.3, 0.4) is 0 Å². The van der Waals surface area contributed by atoms with E-state index in [-0.39, 0.29) is 6.61 Å². The number of benzene rings is 1. The highest BCUT2D eigenvalue weighted by atomic mass is 16.7. The molecule has 0 amide bonds. The summed E-state index contributed by atoms with van der Waals surface area (Å²) in [5, 5.41) is 0. The first-order chi connectivity index (χ1) is 11.6. The summed E-state index contributed by atoms with van der Waals surface area (Å²) in [6, 6.07) is 10.1. The largest absolute Gasteiger partial charge is 0.508 e. The fourth-order valence-corrected chi connectivity index (χ4v) is 2.02. The van der Waals surface area contributed by atoms with E-state index in [1.54, 1.807) is 0 Å². The molecule has 0 aliphatic rings. The van der Waals surface area contributed by atoms with Gasteiger partial charge in [-0.05, 0) is 17.9 Å². The van der Waals surface area contributed by atoms with Crippen molar-refractivity contribution in [3.8, 4) is 11.8 Å². The van der Waals surface area contributed by atoms with Gasteiger partial charge in [0.1, 0.15) is 6.61 Å². The second kappa shape index (κ2) is 10.9. The van der Waals surface area contributed by atoms with Crippen LogP contribution in [0.15, 0.2) is 42.0 Å². The molecule has 0 N–H and O–H groups in total. The molecular weight excluding hydrogens is 308 g/mol. The minimum absolute atomic E-state index is 0.142. The number of hydrogen-bond donors (Lipinski definition) is 0. The van der Waals surface area contributed by atoms with Crippen molar-refractivity contribution < 1.29 is 23.8 Å². The van der Waals surface area contributed by atoms with Crippen molar-refractivity contribution >= 4 is 12.1 Å². The predicted molar refractivity (Wildman–Crippen MR) is 90.3 cm³/mol. The van der Waals surface area contributed by atoms with Crippen molar-refractivity contribution in [3.63, 3.8) is 0 Å². The van der Waals surface area contributed by atoms with Gasteiger partial charge in [-0.2, -0.15) is 0 Å². The second-order valence-electron chi connectivity index (χ2n) is 4.96. The van der Waals surface area contributed by atoms with Gasteiger partial charge in [-0.1, -0.05) is 49.1 Å². The van der Waals surface area contributed by atoms with E-state index < -0.39 is 12.1 Å². The molecule has 1 atom stereocenters. The SMILES string of the molecule is CCC(CC#C/C(=C/C(=O)OC)COC(=O)OC)c1ccccc1. The van der Waals surface area contributed by atoms with Crippen molar-refractivity contribution in [1.29, 1.82) is 0 Å². The van der Waals surface area contributed by atoms with E-state index in [2.05, 4.69) is 40.4 Å². The minimum Gasteiger partial charge on any atom is -0.466 e. The summed E-state index contributed by atoms with van der Waals surface area (Å²) >= 11 is 0. The third-order valence-corrected chi connectivity index (χ3v) is 3.37. The maximum atomic E-state index is 11.4. The molecular formula is C19H22O5. The Balaban J connectivity index is 2.79. The number of ether oxygens (including phenoxy) is 3. The van der Waals surface area contributed by atoms with Crippen LogP contribution in [0.2, 0.25) is 0 Å². The van der Waals surface area contributed by atoms with E-state index in [0.717, 1.165) is 6.42 Å². The molecule has 24 heavy (non-hydrogen) atoms. The van der Waals surface area contributed by atoms with E-state index in [1.807, 2.05) is 18.2 Å². The molecule has 0 fully saturated rings. The lowest BCUT2D eigenvalue weighted by atomic mass is 9.93. The third kappa shape index (κ3) is 7.01. The molecule has 0 aliphatic carbocycles. The fraction of sp³-hybridized carbons (Fsp3) is 0.368. The van der Waals surface area contributed by atoms with Gasteiger partial charge in [0.25, 0.3) is 0 Å². The van der Waals surface area contributed by atoms with Crippen LogP contribution in [0.1, 0.15) is 31.2 Å². The summed E-state index contributed by atoms with van der Waals surface area (Å²) in [7, 11) is 2.48. The van der Waals surface area contributed by atoms with Crippen molar-refractivity contribution in [2.45, 2.75) is 25.7 Å². The monoisotopic (exact) mass is 330 g/mol. The van der Waals surface area contributed by atoms with Crippen LogP contribution in [-0.2, 0) is 19.0 Å². The summed E-state index contributed by atoms with van der Waals surface area (Å²) < 4.78 is 13.8. The summed E-state index contributed by atoms with van der Waals surface area (Å²) in [4.78, 5) is 22.4. The topological polar surface area (TPSA) is 61.8 Å². The van der Waals surface area contributed by atoms with E-state index in [9.17, 15) is 9.59 Å². The van der Waals surface area contributed by atoms with Gasteiger partial charge in [0.15, 0.2) is 0 Å². The average Bonchev–Trinajstić information content (AvgIpc) is 2.63. The van der Waals surface area contributed by atoms with Crippen LogP contribution >= 0.6 is 0 Å². The lowest BCUT2D eigenvalue weighted by Gasteiger charge is -2.11. The molecule has 0 saturated carbocycles. The molecule has 0 aliphatic heterocycles. The normalized spacial score (nSPS) is 11.7. The maximum Gasteiger partial charge on any atom is 0.508 e. The number of methoxy groups -OCH3 is 2. The molecule has 5 heteroatoms. The van der Waals surface area contributed by atoms with Crippen LogP contribution in [0.4, 0.5) is 4.79 Å². The molecule has 0 heterocycles. The number of esters is 1. The Labute approximate surface area is 142 Å². The quantitative estimate of drug-likeness (QED) is 0.454. The Bertz CT molecular complexity index is 622. The second-order valence-corrected chi connectivity index (χ2v) is 4.96. The zero-order valence-corrected chi connectivity index (χ0v) is 14.2. The average molecular weight is 330 g/mol. The predicted octanol–water partition coefficient (Wildman–Crippen LogP) is 3.46. The Morgan fingerprint density at radius 1 is 1.17 bits per heavy atom. The standard InChI is InChI=1S/C19H22O5/c1-4-16(17-10-6-5-7-11-17)12-8-9-15(13-18(20)22-2)14-24-19(21)23-3/h5-7,10-11,13,16H,4,12,14H2,1-3H3/b15-13-. The number of carbonyl (C=O) groups excluding carboxylic acids is 2. The molecule has 128 valence electrons. The van der Waals surface area contributed by atoms with E-state index >= 15 is 0 Å². The Morgan fingerprint density at radius 3 is 2.46 bits per heavy atom. The van der Waals surface area contributed by atoms with Crippen LogP contribution in [-0.4, -0.2) is 33.0 Å². The van der Waals surface area contributed by atoms with Crippen LogP contribution in [0.5, 0.6) is 0 Å². The molecule has 1 rings (SSSR count). The van der Waals surface area contributed by atoms with Crippen molar-refractivity contribution in [2.75, 3.05) is 20.8 Å². The highest BCUT2D eigenvalue weighted by Gasteiger charge is 2.08. The highest BCUT2D eigenvalue weighted by molar-refractivity contribution is 5.83. The number of carbonyl (C=O) groups is 2. The van der Waals surface area contributed by atoms with Gasteiger partial charge in [-0.3, -0.25) is 0 Å². The minimum atomic E-state index is -0.830. The third-order valence-electron chi connectivity index (χ3n) is 3.37. The Hall–Kier alpha value is -2.74.